The molecule has 2 saturated heterocycles. The van der Waals surface area contributed by atoms with Crippen molar-refractivity contribution in [3.05, 3.63) is 29.8 Å². The fourth-order valence-corrected chi connectivity index (χ4v) is 3.24. The van der Waals surface area contributed by atoms with E-state index >= 15 is 0 Å². The summed E-state index contributed by atoms with van der Waals surface area (Å²) in [6.07, 6.45) is 3.53. The van der Waals surface area contributed by atoms with Gasteiger partial charge in [-0.2, -0.15) is 0 Å². The maximum atomic E-state index is 13.7. The molecule has 0 spiro atoms. The zero-order chi connectivity index (χ0) is 14.8. The summed E-state index contributed by atoms with van der Waals surface area (Å²) in [5.41, 5.74) is 0.100. The van der Waals surface area contributed by atoms with E-state index in [1.54, 1.807) is 4.90 Å². The number of fused-ring (bicyclic) bond motifs is 1. The third kappa shape index (κ3) is 2.78. The van der Waals surface area contributed by atoms with Crippen molar-refractivity contribution in [2.75, 3.05) is 32.8 Å². The fourth-order valence-electron chi connectivity index (χ4n) is 3.24. The first kappa shape index (κ1) is 14.4. The average Bonchev–Trinajstić information content (AvgIpc) is 2.53. The van der Waals surface area contributed by atoms with Gasteiger partial charge in [0, 0.05) is 25.8 Å². The summed E-state index contributed by atoms with van der Waals surface area (Å²) in [7, 11) is 0. The highest BCUT2D eigenvalue weighted by Gasteiger charge is 2.38. The van der Waals surface area contributed by atoms with E-state index in [4.69, 9.17) is 4.74 Å². The van der Waals surface area contributed by atoms with Gasteiger partial charge in [0.05, 0.1) is 30.5 Å². The van der Waals surface area contributed by atoms with Crippen molar-refractivity contribution in [1.29, 1.82) is 0 Å². The molecule has 1 amide bonds. The summed E-state index contributed by atoms with van der Waals surface area (Å²) < 4.78 is 19.5. The van der Waals surface area contributed by atoms with Crippen LogP contribution in [0.15, 0.2) is 18.5 Å². The number of aromatic nitrogens is 1. The van der Waals surface area contributed by atoms with Crippen LogP contribution in [0.3, 0.4) is 0 Å². The van der Waals surface area contributed by atoms with E-state index in [2.05, 4.69) is 16.8 Å². The van der Waals surface area contributed by atoms with Gasteiger partial charge in [0.15, 0.2) is 5.82 Å². The lowest BCUT2D eigenvalue weighted by molar-refractivity contribution is -0.0962. The maximum Gasteiger partial charge on any atom is 0.257 e. The number of amides is 1. The lowest BCUT2D eigenvalue weighted by Gasteiger charge is -2.46. The first-order chi connectivity index (χ1) is 10.2. The molecule has 3 heterocycles. The molecule has 2 atom stereocenters. The zero-order valence-corrected chi connectivity index (χ0v) is 12.2. The number of morpholine rings is 1. The van der Waals surface area contributed by atoms with E-state index in [1.807, 2.05) is 0 Å². The second-order valence-electron chi connectivity index (χ2n) is 5.50. The van der Waals surface area contributed by atoms with Crippen LogP contribution >= 0.6 is 0 Å². The minimum absolute atomic E-state index is 0.100. The van der Waals surface area contributed by atoms with E-state index in [1.165, 1.54) is 12.3 Å². The molecule has 0 unspecified atom stereocenters. The Kier molecular flexibility index (Phi) is 4.17. The molecule has 0 saturated carbocycles. The number of likely N-dealkylation sites (tertiary alicyclic amines) is 1. The van der Waals surface area contributed by atoms with Crippen LogP contribution in [0.2, 0.25) is 0 Å². The summed E-state index contributed by atoms with van der Waals surface area (Å²) in [4.78, 5) is 20.3. The topological polar surface area (TPSA) is 45.7 Å². The van der Waals surface area contributed by atoms with E-state index in [9.17, 15) is 9.18 Å². The minimum Gasteiger partial charge on any atom is -0.375 e. The number of piperidine rings is 1. The van der Waals surface area contributed by atoms with Gasteiger partial charge in [-0.3, -0.25) is 14.7 Å². The van der Waals surface area contributed by atoms with E-state index in [0.29, 0.717) is 13.1 Å². The number of hydrogen-bond donors (Lipinski definition) is 0. The van der Waals surface area contributed by atoms with Crippen molar-refractivity contribution in [3.63, 3.8) is 0 Å². The summed E-state index contributed by atoms with van der Waals surface area (Å²) in [6, 6.07) is 1.66. The molecule has 0 aliphatic carbocycles. The number of carbonyl (C=O) groups is 1. The molecule has 2 fully saturated rings. The second-order valence-corrected chi connectivity index (χ2v) is 5.50. The summed E-state index contributed by atoms with van der Waals surface area (Å²) in [6.45, 7) is 5.91. The van der Waals surface area contributed by atoms with Crippen LogP contribution in [0.1, 0.15) is 23.7 Å². The summed E-state index contributed by atoms with van der Waals surface area (Å²) in [5.74, 6) is -0.813. The molecule has 0 N–H and O–H groups in total. The first-order valence-corrected chi connectivity index (χ1v) is 7.45. The van der Waals surface area contributed by atoms with Crippen LogP contribution in [0.4, 0.5) is 4.39 Å². The molecule has 114 valence electrons. The number of pyridine rings is 1. The average molecular weight is 293 g/mol. The quantitative estimate of drug-likeness (QED) is 0.821. The molecule has 5 nitrogen and oxygen atoms in total. The molecular weight excluding hydrogens is 273 g/mol. The number of carbonyl (C=O) groups excluding carboxylic acids is 1. The molecule has 21 heavy (non-hydrogen) atoms. The van der Waals surface area contributed by atoms with Crippen LogP contribution in [0.25, 0.3) is 0 Å². The molecule has 0 radical (unpaired) electrons. The normalized spacial score (nSPS) is 26.5. The Bertz CT molecular complexity index is 519. The number of ether oxygens (including phenoxy) is 1. The molecule has 1 aromatic rings. The number of likely N-dealkylation sites (N-methyl/N-ethyl adjacent to an activating group) is 1. The van der Waals surface area contributed by atoms with Crippen molar-refractivity contribution in [1.82, 2.24) is 14.8 Å². The Hall–Kier alpha value is -1.53. The number of nitrogens with zero attached hydrogens (tertiary/aromatic N) is 3. The fraction of sp³-hybridized carbons (Fsp3) is 0.600. The van der Waals surface area contributed by atoms with Crippen LogP contribution < -0.4 is 0 Å². The van der Waals surface area contributed by atoms with Gasteiger partial charge in [0.1, 0.15) is 0 Å². The van der Waals surface area contributed by atoms with Crippen LogP contribution in [0.5, 0.6) is 0 Å². The second kappa shape index (κ2) is 6.07. The molecule has 0 bridgehead atoms. The highest BCUT2D eigenvalue weighted by Crippen LogP contribution is 2.24. The van der Waals surface area contributed by atoms with Crippen molar-refractivity contribution in [3.8, 4) is 0 Å². The summed E-state index contributed by atoms with van der Waals surface area (Å²) >= 11 is 0. The highest BCUT2D eigenvalue weighted by molar-refractivity contribution is 5.94. The van der Waals surface area contributed by atoms with Gasteiger partial charge in [0.25, 0.3) is 5.91 Å². The Balaban J connectivity index is 1.75. The Morgan fingerprint density at radius 1 is 1.52 bits per heavy atom. The monoisotopic (exact) mass is 293 g/mol. The third-order valence-corrected chi connectivity index (χ3v) is 4.40. The SMILES string of the molecule is CCN1CCO[C@H]2CCN(C(=O)c3ccncc3F)C[C@@H]21. The number of hydrogen-bond acceptors (Lipinski definition) is 4. The predicted molar refractivity (Wildman–Crippen MR) is 75.5 cm³/mol. The Morgan fingerprint density at radius 3 is 3.14 bits per heavy atom. The maximum absolute atomic E-state index is 13.7. The number of rotatable bonds is 2. The molecule has 1 aromatic heterocycles. The van der Waals surface area contributed by atoms with E-state index in [0.717, 1.165) is 32.3 Å². The highest BCUT2D eigenvalue weighted by atomic mass is 19.1. The van der Waals surface area contributed by atoms with Crippen molar-refractivity contribution >= 4 is 5.91 Å². The Labute approximate surface area is 123 Å². The third-order valence-electron chi connectivity index (χ3n) is 4.40. The van der Waals surface area contributed by atoms with Gasteiger partial charge < -0.3 is 9.64 Å². The van der Waals surface area contributed by atoms with Gasteiger partial charge in [-0.25, -0.2) is 4.39 Å². The van der Waals surface area contributed by atoms with Crippen molar-refractivity contribution < 1.29 is 13.9 Å². The smallest absolute Gasteiger partial charge is 0.257 e. The molecule has 2 aliphatic heterocycles. The van der Waals surface area contributed by atoms with Crippen LogP contribution in [-0.2, 0) is 4.74 Å². The van der Waals surface area contributed by atoms with Gasteiger partial charge in [-0.15, -0.1) is 0 Å². The Morgan fingerprint density at radius 2 is 2.38 bits per heavy atom. The first-order valence-electron chi connectivity index (χ1n) is 7.45. The molecule has 3 rings (SSSR count). The standard InChI is InChI=1S/C15H20FN3O2/c1-2-18-7-8-21-14-4-6-19(10-13(14)18)15(20)11-3-5-17-9-12(11)16/h3,5,9,13-14H,2,4,6-8,10H2,1H3/t13-,14-/m0/s1. The van der Waals surface area contributed by atoms with Gasteiger partial charge in [-0.05, 0) is 19.0 Å². The predicted octanol–water partition coefficient (Wildman–Crippen LogP) is 1.16. The molecular formula is C15H20FN3O2. The molecule has 6 heteroatoms. The van der Waals surface area contributed by atoms with Crippen molar-refractivity contribution in [2.45, 2.75) is 25.5 Å². The summed E-state index contributed by atoms with van der Waals surface area (Å²) in [5, 5.41) is 0. The van der Waals surface area contributed by atoms with Crippen LogP contribution in [0, 0.1) is 5.82 Å². The van der Waals surface area contributed by atoms with Gasteiger partial charge in [-0.1, -0.05) is 6.92 Å². The lowest BCUT2D eigenvalue weighted by Crippen LogP contribution is -2.60. The molecule has 0 aromatic carbocycles. The van der Waals surface area contributed by atoms with E-state index < -0.39 is 5.82 Å². The van der Waals surface area contributed by atoms with Crippen molar-refractivity contribution in [2.24, 2.45) is 0 Å². The zero-order valence-electron chi connectivity index (χ0n) is 12.2. The molecule has 2 aliphatic rings. The minimum atomic E-state index is -0.558. The largest absolute Gasteiger partial charge is 0.375 e. The number of halogens is 1. The van der Waals surface area contributed by atoms with E-state index in [-0.39, 0.29) is 23.6 Å². The van der Waals surface area contributed by atoms with Gasteiger partial charge in [0.2, 0.25) is 0 Å². The van der Waals surface area contributed by atoms with Crippen LogP contribution in [-0.4, -0.2) is 65.6 Å². The lowest BCUT2D eigenvalue weighted by atomic mass is 9.98. The van der Waals surface area contributed by atoms with Gasteiger partial charge >= 0.3 is 0 Å².